The summed E-state index contributed by atoms with van der Waals surface area (Å²) in [7, 11) is 1.66. The fraction of sp³-hybridized carbons (Fsp3) is 0.500. The second kappa shape index (κ2) is 4.30. The monoisotopic (exact) mass is 252 g/mol. The number of hydrogen-bond donors (Lipinski definition) is 3. The first-order chi connectivity index (χ1) is 8.45. The van der Waals surface area contributed by atoms with Gasteiger partial charge in [0.25, 0.3) is 5.56 Å². The number of aromatic amines is 1. The van der Waals surface area contributed by atoms with Gasteiger partial charge in [0.2, 0.25) is 5.95 Å². The number of nitrogen functional groups attached to an aromatic ring is 1. The normalized spacial score (nSPS) is 11.4. The van der Waals surface area contributed by atoms with Gasteiger partial charge in [-0.25, -0.2) is 10.6 Å². The molecule has 0 radical (unpaired) electrons. The maximum atomic E-state index is 11.8. The van der Waals surface area contributed by atoms with Gasteiger partial charge in [0.05, 0.1) is 0 Å². The highest BCUT2D eigenvalue weighted by Gasteiger charge is 2.16. The molecular weight excluding hydrogens is 236 g/mol. The molecule has 0 aliphatic rings. The molecule has 2 heterocycles. The van der Waals surface area contributed by atoms with Gasteiger partial charge in [0.15, 0.2) is 11.2 Å². The van der Waals surface area contributed by atoms with Crippen molar-refractivity contribution >= 4 is 17.1 Å². The molecule has 2 aromatic heterocycles. The Hall–Kier alpha value is -2.09. The van der Waals surface area contributed by atoms with Crippen molar-refractivity contribution in [2.24, 2.45) is 18.8 Å². The second-order valence-electron chi connectivity index (χ2n) is 4.57. The second-order valence-corrected chi connectivity index (χ2v) is 4.57. The van der Waals surface area contributed by atoms with Gasteiger partial charge in [-0.2, -0.15) is 4.98 Å². The molecule has 0 atom stereocenters. The summed E-state index contributed by atoms with van der Waals surface area (Å²) in [6.45, 7) is 4.44. The van der Waals surface area contributed by atoms with E-state index in [-0.39, 0.29) is 5.92 Å². The number of imidazole rings is 1. The maximum Gasteiger partial charge on any atom is 0.330 e. The van der Waals surface area contributed by atoms with E-state index in [1.165, 1.54) is 9.13 Å². The van der Waals surface area contributed by atoms with Crippen molar-refractivity contribution in [2.75, 3.05) is 5.43 Å². The fourth-order valence-electron chi connectivity index (χ4n) is 1.91. The Morgan fingerprint density at radius 1 is 1.44 bits per heavy atom. The van der Waals surface area contributed by atoms with Crippen molar-refractivity contribution in [2.45, 2.75) is 20.4 Å². The van der Waals surface area contributed by atoms with Gasteiger partial charge in [0.1, 0.15) is 0 Å². The van der Waals surface area contributed by atoms with Crippen molar-refractivity contribution in [1.82, 2.24) is 19.1 Å². The molecule has 0 aliphatic heterocycles. The van der Waals surface area contributed by atoms with Crippen LogP contribution in [0, 0.1) is 5.92 Å². The zero-order valence-corrected chi connectivity index (χ0v) is 10.5. The first kappa shape index (κ1) is 12.4. The van der Waals surface area contributed by atoms with Gasteiger partial charge in [-0.3, -0.25) is 19.8 Å². The molecule has 0 spiro atoms. The molecule has 0 saturated carbocycles. The predicted octanol–water partition coefficient (Wildman–Crippen LogP) is -0.635. The Labute approximate surface area is 102 Å². The lowest BCUT2D eigenvalue weighted by atomic mass is 10.2. The summed E-state index contributed by atoms with van der Waals surface area (Å²) < 4.78 is 2.96. The number of hydrogen-bond acceptors (Lipinski definition) is 5. The molecule has 8 heteroatoms. The Morgan fingerprint density at radius 2 is 2.11 bits per heavy atom. The lowest BCUT2D eigenvalue weighted by Crippen LogP contribution is -2.32. The fourth-order valence-corrected chi connectivity index (χ4v) is 1.91. The molecule has 0 unspecified atom stereocenters. The highest BCUT2D eigenvalue weighted by atomic mass is 16.2. The standard InChI is InChI=1S/C10H16N6O2/c1-5(2)4-16-7-6(8(17)13-10(16)18)15(3)9(12-7)14-11/h5H,4,11H2,1-3H3,(H,12,14)(H,13,17,18). The van der Waals surface area contributed by atoms with Crippen LogP contribution < -0.4 is 22.5 Å². The Balaban J connectivity index is 2.86. The number of aryl methyl sites for hydroxylation is 1. The number of hydrazine groups is 1. The van der Waals surface area contributed by atoms with Gasteiger partial charge >= 0.3 is 5.69 Å². The highest BCUT2D eigenvalue weighted by molar-refractivity contribution is 5.73. The Morgan fingerprint density at radius 3 is 2.67 bits per heavy atom. The zero-order chi connectivity index (χ0) is 13.4. The average Bonchev–Trinajstić information content (AvgIpc) is 2.61. The lowest BCUT2D eigenvalue weighted by molar-refractivity contribution is 0.513. The van der Waals surface area contributed by atoms with Crippen LogP contribution in [-0.4, -0.2) is 19.1 Å². The first-order valence-corrected chi connectivity index (χ1v) is 5.61. The number of nitrogens with two attached hydrogens (primary N) is 1. The summed E-state index contributed by atoms with van der Waals surface area (Å²) >= 11 is 0. The summed E-state index contributed by atoms with van der Waals surface area (Å²) in [6.07, 6.45) is 0. The smallest absolute Gasteiger partial charge is 0.306 e. The summed E-state index contributed by atoms with van der Waals surface area (Å²) in [5, 5.41) is 0. The van der Waals surface area contributed by atoms with Crippen molar-refractivity contribution in [1.29, 1.82) is 0 Å². The van der Waals surface area contributed by atoms with Gasteiger partial charge in [0, 0.05) is 13.6 Å². The van der Waals surface area contributed by atoms with E-state index in [2.05, 4.69) is 15.4 Å². The maximum absolute atomic E-state index is 11.8. The molecule has 2 aromatic rings. The minimum absolute atomic E-state index is 0.257. The quantitative estimate of drug-likeness (QED) is 0.497. The summed E-state index contributed by atoms with van der Waals surface area (Å²) in [5.41, 5.74) is 2.14. The van der Waals surface area contributed by atoms with Crippen LogP contribution in [0.2, 0.25) is 0 Å². The number of rotatable bonds is 3. The summed E-state index contributed by atoms with van der Waals surface area (Å²) in [6, 6.07) is 0. The van der Waals surface area contributed by atoms with Crippen LogP contribution in [0.25, 0.3) is 11.2 Å². The minimum Gasteiger partial charge on any atom is -0.306 e. The molecular formula is C10H16N6O2. The predicted molar refractivity (Wildman–Crippen MR) is 68.2 cm³/mol. The number of H-pyrrole nitrogens is 1. The van der Waals surface area contributed by atoms with Crippen molar-refractivity contribution < 1.29 is 0 Å². The van der Waals surface area contributed by atoms with Gasteiger partial charge < -0.3 is 4.57 Å². The zero-order valence-electron chi connectivity index (χ0n) is 10.5. The van der Waals surface area contributed by atoms with Crippen molar-refractivity contribution in [3.63, 3.8) is 0 Å². The molecule has 2 rings (SSSR count). The Kier molecular flexibility index (Phi) is 2.95. The van der Waals surface area contributed by atoms with E-state index in [1.807, 2.05) is 13.8 Å². The first-order valence-electron chi connectivity index (χ1n) is 5.61. The van der Waals surface area contributed by atoms with Crippen molar-refractivity contribution in [3.8, 4) is 0 Å². The Bertz CT molecular complexity index is 693. The molecule has 0 aromatic carbocycles. The van der Waals surface area contributed by atoms with E-state index < -0.39 is 11.2 Å². The van der Waals surface area contributed by atoms with E-state index in [4.69, 9.17) is 5.84 Å². The number of nitrogens with zero attached hydrogens (tertiary/aromatic N) is 3. The molecule has 0 saturated heterocycles. The molecule has 18 heavy (non-hydrogen) atoms. The molecule has 0 bridgehead atoms. The number of anilines is 1. The van der Waals surface area contributed by atoms with Crippen LogP contribution in [-0.2, 0) is 13.6 Å². The van der Waals surface area contributed by atoms with E-state index in [0.29, 0.717) is 23.7 Å². The third kappa shape index (κ3) is 1.80. The third-order valence-electron chi connectivity index (χ3n) is 2.69. The molecule has 8 nitrogen and oxygen atoms in total. The summed E-state index contributed by atoms with van der Waals surface area (Å²) in [4.78, 5) is 30.1. The van der Waals surface area contributed by atoms with E-state index >= 15 is 0 Å². The van der Waals surface area contributed by atoms with Gasteiger partial charge in [-0.05, 0) is 5.92 Å². The number of fused-ring (bicyclic) bond motifs is 1. The number of nitrogens with one attached hydrogen (secondary N) is 2. The van der Waals surface area contributed by atoms with E-state index in [1.54, 1.807) is 7.05 Å². The third-order valence-corrected chi connectivity index (χ3v) is 2.69. The summed E-state index contributed by atoms with van der Waals surface area (Å²) in [5.74, 6) is 5.91. The van der Waals surface area contributed by atoms with Crippen LogP contribution in [0.5, 0.6) is 0 Å². The molecule has 0 aliphatic carbocycles. The van der Waals surface area contributed by atoms with Crippen LogP contribution in [0.4, 0.5) is 5.95 Å². The topological polar surface area (TPSA) is 111 Å². The largest absolute Gasteiger partial charge is 0.330 e. The van der Waals surface area contributed by atoms with Gasteiger partial charge in [-0.1, -0.05) is 13.8 Å². The molecule has 4 N–H and O–H groups in total. The van der Waals surface area contributed by atoms with Crippen LogP contribution in [0.1, 0.15) is 13.8 Å². The van der Waals surface area contributed by atoms with Crippen LogP contribution >= 0.6 is 0 Å². The highest BCUT2D eigenvalue weighted by Crippen LogP contribution is 2.13. The SMILES string of the molecule is CC(C)Cn1c(=O)[nH]c(=O)c2c1nc(NN)n2C. The molecule has 0 amide bonds. The lowest BCUT2D eigenvalue weighted by Gasteiger charge is -2.08. The minimum atomic E-state index is -0.466. The van der Waals surface area contributed by atoms with Crippen LogP contribution in [0.3, 0.4) is 0 Å². The van der Waals surface area contributed by atoms with Gasteiger partial charge in [-0.15, -0.1) is 0 Å². The van der Waals surface area contributed by atoms with Crippen LogP contribution in [0.15, 0.2) is 9.59 Å². The average molecular weight is 252 g/mol. The molecule has 98 valence electrons. The molecule has 0 fully saturated rings. The van der Waals surface area contributed by atoms with E-state index in [0.717, 1.165) is 0 Å². The van der Waals surface area contributed by atoms with E-state index in [9.17, 15) is 9.59 Å². The number of aromatic nitrogens is 4. The van der Waals surface area contributed by atoms with Crippen molar-refractivity contribution in [3.05, 3.63) is 20.8 Å².